The van der Waals surface area contributed by atoms with E-state index in [9.17, 15) is 14.7 Å². The second-order valence-corrected chi connectivity index (χ2v) is 6.92. The number of nitrogens with zero attached hydrogens (tertiary/aromatic N) is 1. The lowest BCUT2D eigenvalue weighted by Gasteiger charge is -2.23. The minimum atomic E-state index is -0.884. The maximum absolute atomic E-state index is 12.8. The summed E-state index contributed by atoms with van der Waals surface area (Å²) in [5, 5.41) is 11.3. The van der Waals surface area contributed by atoms with E-state index in [1.165, 1.54) is 18.1 Å². The van der Waals surface area contributed by atoms with E-state index < -0.39 is 17.7 Å². The molecule has 2 aromatic rings. The van der Waals surface area contributed by atoms with Crippen LogP contribution in [0.15, 0.2) is 40.3 Å². The van der Waals surface area contributed by atoms with Gasteiger partial charge in [-0.25, -0.2) is 0 Å². The van der Waals surface area contributed by atoms with Gasteiger partial charge in [0.1, 0.15) is 29.1 Å². The summed E-state index contributed by atoms with van der Waals surface area (Å²) in [4.78, 5) is 26.8. The molecule has 3 rings (SSSR count). The molecule has 1 fully saturated rings. The molecule has 1 N–H and O–H groups in total. The number of hydrogen-bond donors (Lipinski definition) is 1. The van der Waals surface area contributed by atoms with E-state index in [4.69, 9.17) is 25.5 Å². The Kier molecular flexibility index (Phi) is 6.30. The average Bonchev–Trinajstić information content (AvgIpc) is 3.23. The van der Waals surface area contributed by atoms with E-state index in [0.717, 1.165) is 0 Å². The lowest BCUT2D eigenvalue weighted by atomic mass is 9.99. The van der Waals surface area contributed by atoms with Crippen molar-refractivity contribution in [1.29, 1.82) is 0 Å². The molecule has 7 nitrogen and oxygen atoms in total. The van der Waals surface area contributed by atoms with E-state index in [-0.39, 0.29) is 35.1 Å². The van der Waals surface area contributed by atoms with Crippen molar-refractivity contribution in [3.05, 3.63) is 58.0 Å². The molecule has 0 saturated carbocycles. The molecule has 1 aliphatic heterocycles. The zero-order chi connectivity index (χ0) is 21.1. The fourth-order valence-corrected chi connectivity index (χ4v) is 3.49. The summed E-state index contributed by atoms with van der Waals surface area (Å²) in [6.07, 6.45) is 0. The van der Waals surface area contributed by atoms with Crippen LogP contribution in [0.3, 0.4) is 0 Å². The summed E-state index contributed by atoms with van der Waals surface area (Å²) in [6.45, 7) is 4.40. The fourth-order valence-electron chi connectivity index (χ4n) is 3.28. The maximum Gasteiger partial charge on any atom is 0.295 e. The van der Waals surface area contributed by atoms with Crippen molar-refractivity contribution >= 4 is 29.1 Å². The summed E-state index contributed by atoms with van der Waals surface area (Å²) >= 11 is 6.27. The number of likely N-dealkylation sites (tertiary alicyclic amines) is 1. The molecule has 29 heavy (non-hydrogen) atoms. The number of benzene rings is 1. The van der Waals surface area contributed by atoms with Crippen molar-refractivity contribution < 1.29 is 28.6 Å². The molecule has 1 aromatic carbocycles. The number of Topliss-reactive ketones (excluding diaryl/α,β-unsaturated/α-hetero) is 1. The highest BCUT2D eigenvalue weighted by molar-refractivity contribution is 6.46. The van der Waals surface area contributed by atoms with Gasteiger partial charge in [-0.1, -0.05) is 11.6 Å². The normalized spacial score (nSPS) is 18.5. The van der Waals surface area contributed by atoms with Crippen LogP contribution in [0, 0.1) is 6.92 Å². The number of halogens is 1. The van der Waals surface area contributed by atoms with Crippen molar-refractivity contribution in [3.63, 3.8) is 0 Å². The van der Waals surface area contributed by atoms with Crippen molar-refractivity contribution in [2.45, 2.75) is 19.9 Å². The first-order valence-corrected chi connectivity index (χ1v) is 9.53. The maximum atomic E-state index is 12.8. The van der Waals surface area contributed by atoms with Gasteiger partial charge in [0.15, 0.2) is 0 Å². The van der Waals surface area contributed by atoms with Gasteiger partial charge in [0.05, 0.1) is 23.8 Å². The van der Waals surface area contributed by atoms with Crippen molar-refractivity contribution in [2.75, 3.05) is 26.9 Å². The van der Waals surface area contributed by atoms with Crippen molar-refractivity contribution in [1.82, 2.24) is 4.90 Å². The van der Waals surface area contributed by atoms with Gasteiger partial charge >= 0.3 is 0 Å². The molecule has 0 bridgehead atoms. The molecule has 1 aliphatic rings. The number of methoxy groups -OCH3 is 1. The number of carbonyl (C=O) groups is 2. The number of aliphatic hydroxyl groups excluding tert-OH is 1. The first-order chi connectivity index (χ1) is 13.9. The summed E-state index contributed by atoms with van der Waals surface area (Å²) in [7, 11) is 1.50. The van der Waals surface area contributed by atoms with E-state index in [1.54, 1.807) is 31.2 Å². The summed E-state index contributed by atoms with van der Waals surface area (Å²) < 4.78 is 16.2. The van der Waals surface area contributed by atoms with Crippen molar-refractivity contribution in [3.8, 4) is 5.75 Å². The third kappa shape index (κ3) is 4.02. The molecule has 0 aliphatic carbocycles. The molecule has 1 amide bonds. The van der Waals surface area contributed by atoms with Gasteiger partial charge in [-0.3, -0.25) is 9.59 Å². The second-order valence-electron chi connectivity index (χ2n) is 6.51. The molecule has 2 heterocycles. The van der Waals surface area contributed by atoms with Crippen LogP contribution in [0.2, 0.25) is 5.02 Å². The third-order valence-electron chi connectivity index (χ3n) is 4.61. The topological polar surface area (TPSA) is 89.2 Å². The smallest absolute Gasteiger partial charge is 0.295 e. The first-order valence-electron chi connectivity index (χ1n) is 9.15. The Morgan fingerprint density at radius 1 is 1.28 bits per heavy atom. The predicted molar refractivity (Wildman–Crippen MR) is 107 cm³/mol. The van der Waals surface area contributed by atoms with E-state index in [0.29, 0.717) is 23.9 Å². The van der Waals surface area contributed by atoms with E-state index in [2.05, 4.69) is 0 Å². The summed E-state index contributed by atoms with van der Waals surface area (Å²) in [5.41, 5.74) is 0.117. The molecule has 154 valence electrons. The Bertz CT molecular complexity index is 964. The van der Waals surface area contributed by atoms with Gasteiger partial charge in [0.2, 0.25) is 0 Å². The number of ether oxygens (including phenoxy) is 2. The Morgan fingerprint density at radius 3 is 2.66 bits per heavy atom. The highest BCUT2D eigenvalue weighted by Crippen LogP contribution is 2.41. The van der Waals surface area contributed by atoms with Gasteiger partial charge in [-0.2, -0.15) is 0 Å². The van der Waals surface area contributed by atoms with Crippen LogP contribution in [0.1, 0.15) is 30.0 Å². The standard InChI is InChI=1S/C21H22ClNO6/c1-4-28-13-6-7-15(22)14(11-13)19(24)17-18(16-8-5-12(2)29-16)23(9-10-27-3)21(26)20(17)25/h5-8,11,18,24H,4,9-10H2,1-3H3/b19-17+. The molecular formula is C21H22ClNO6. The van der Waals surface area contributed by atoms with Crippen LogP contribution in [-0.4, -0.2) is 48.6 Å². The number of rotatable bonds is 7. The number of furan rings is 1. The molecule has 8 heteroatoms. The highest BCUT2D eigenvalue weighted by atomic mass is 35.5. The number of hydrogen-bond acceptors (Lipinski definition) is 6. The molecular weight excluding hydrogens is 398 g/mol. The quantitative estimate of drug-likeness (QED) is 0.418. The molecule has 1 unspecified atom stereocenters. The minimum Gasteiger partial charge on any atom is -0.507 e. The summed E-state index contributed by atoms with van der Waals surface area (Å²) in [6, 6.07) is 7.28. The summed E-state index contributed by atoms with van der Waals surface area (Å²) in [5.74, 6) is -0.452. The number of aryl methyl sites for hydroxylation is 1. The molecule has 1 atom stereocenters. The number of aliphatic hydroxyl groups is 1. The zero-order valence-corrected chi connectivity index (χ0v) is 17.2. The monoisotopic (exact) mass is 419 g/mol. The lowest BCUT2D eigenvalue weighted by molar-refractivity contribution is -0.140. The van der Waals surface area contributed by atoms with Gasteiger partial charge in [0, 0.05) is 19.2 Å². The largest absolute Gasteiger partial charge is 0.507 e. The predicted octanol–water partition coefficient (Wildman–Crippen LogP) is 3.71. The van der Waals surface area contributed by atoms with Crippen LogP contribution >= 0.6 is 11.6 Å². The second kappa shape index (κ2) is 8.71. The van der Waals surface area contributed by atoms with Crippen molar-refractivity contribution in [2.24, 2.45) is 0 Å². The Morgan fingerprint density at radius 2 is 2.03 bits per heavy atom. The highest BCUT2D eigenvalue weighted by Gasteiger charge is 2.47. The number of ketones is 1. The molecule has 0 radical (unpaired) electrons. The van der Waals surface area contributed by atoms with Crippen LogP contribution in [0.4, 0.5) is 0 Å². The molecule has 1 aromatic heterocycles. The van der Waals surface area contributed by atoms with Crippen LogP contribution in [0.5, 0.6) is 5.75 Å². The Hall–Kier alpha value is -2.77. The molecule has 0 spiro atoms. The van der Waals surface area contributed by atoms with Gasteiger partial charge in [0.25, 0.3) is 11.7 Å². The van der Waals surface area contributed by atoms with E-state index in [1.807, 2.05) is 6.92 Å². The molecule has 1 saturated heterocycles. The average molecular weight is 420 g/mol. The minimum absolute atomic E-state index is 0.0870. The van der Waals surface area contributed by atoms with Crippen LogP contribution in [-0.2, 0) is 14.3 Å². The third-order valence-corrected chi connectivity index (χ3v) is 4.94. The van der Waals surface area contributed by atoms with Crippen LogP contribution in [0.25, 0.3) is 5.76 Å². The fraction of sp³-hybridized carbons (Fsp3) is 0.333. The number of amides is 1. The first kappa shape index (κ1) is 21.0. The van der Waals surface area contributed by atoms with Gasteiger partial charge in [-0.05, 0) is 44.2 Å². The van der Waals surface area contributed by atoms with Gasteiger partial charge in [-0.15, -0.1) is 0 Å². The van der Waals surface area contributed by atoms with E-state index >= 15 is 0 Å². The zero-order valence-electron chi connectivity index (χ0n) is 16.4. The number of carbonyl (C=O) groups excluding carboxylic acids is 2. The Labute approximate surface area is 173 Å². The van der Waals surface area contributed by atoms with Gasteiger partial charge < -0.3 is 23.9 Å². The lowest BCUT2D eigenvalue weighted by Crippen LogP contribution is -2.32. The Balaban J connectivity index is 2.17. The SMILES string of the molecule is CCOc1ccc(Cl)c(/C(O)=C2\C(=O)C(=O)N(CCOC)C2c2ccc(C)o2)c1. The van der Waals surface area contributed by atoms with Crippen LogP contribution < -0.4 is 4.74 Å².